The highest BCUT2D eigenvalue weighted by molar-refractivity contribution is 5.94. The number of likely N-dealkylation sites (tertiary alicyclic amines) is 1. The van der Waals surface area contributed by atoms with Crippen molar-refractivity contribution in [1.29, 1.82) is 0 Å². The maximum absolute atomic E-state index is 13.3. The van der Waals surface area contributed by atoms with Crippen LogP contribution < -0.4 is 0 Å². The van der Waals surface area contributed by atoms with Crippen LogP contribution in [-0.2, 0) is 6.42 Å². The lowest BCUT2D eigenvalue weighted by atomic mass is 9.96. The van der Waals surface area contributed by atoms with E-state index in [4.69, 9.17) is 0 Å². The number of benzene rings is 2. The minimum absolute atomic E-state index is 0.120. The van der Waals surface area contributed by atoms with Gasteiger partial charge < -0.3 is 9.80 Å². The van der Waals surface area contributed by atoms with E-state index in [1.54, 1.807) is 12.1 Å². The summed E-state index contributed by atoms with van der Waals surface area (Å²) in [7, 11) is 0. The largest absolute Gasteiger partial charge is 0.339 e. The van der Waals surface area contributed by atoms with E-state index in [0.717, 1.165) is 63.1 Å². The molecule has 0 aliphatic carbocycles. The maximum Gasteiger partial charge on any atom is 0.253 e. The molecule has 0 N–H and O–H groups in total. The van der Waals surface area contributed by atoms with E-state index in [1.165, 1.54) is 6.07 Å². The van der Waals surface area contributed by atoms with Gasteiger partial charge in [0.2, 0.25) is 0 Å². The summed E-state index contributed by atoms with van der Waals surface area (Å²) in [5, 5.41) is 0. The van der Waals surface area contributed by atoms with Crippen molar-refractivity contribution < 1.29 is 9.18 Å². The average molecular weight is 368 g/mol. The fourth-order valence-corrected chi connectivity index (χ4v) is 3.91. The average Bonchev–Trinajstić information content (AvgIpc) is 2.71. The molecule has 3 nitrogen and oxygen atoms in total. The minimum atomic E-state index is -0.165. The fraction of sp³-hybridized carbons (Fsp3) is 0.435. The molecule has 0 unspecified atom stereocenters. The van der Waals surface area contributed by atoms with Crippen LogP contribution in [0.25, 0.3) is 0 Å². The van der Waals surface area contributed by atoms with Gasteiger partial charge in [0.15, 0.2) is 0 Å². The van der Waals surface area contributed by atoms with Gasteiger partial charge in [-0.2, -0.15) is 0 Å². The highest BCUT2D eigenvalue weighted by Gasteiger charge is 2.24. The Balaban J connectivity index is 1.53. The Hall–Kier alpha value is -2.20. The lowest BCUT2D eigenvalue weighted by molar-refractivity contribution is 0.0690. The Morgan fingerprint density at radius 3 is 2.74 bits per heavy atom. The normalized spacial score (nSPS) is 17.6. The second-order valence-corrected chi connectivity index (χ2v) is 7.40. The van der Waals surface area contributed by atoms with E-state index >= 15 is 0 Å². The number of rotatable bonds is 7. The first-order chi connectivity index (χ1) is 13.2. The molecule has 2 aromatic carbocycles. The third kappa shape index (κ3) is 5.64. The van der Waals surface area contributed by atoms with Gasteiger partial charge in [-0.15, -0.1) is 0 Å². The lowest BCUT2D eigenvalue weighted by Gasteiger charge is -2.35. The summed E-state index contributed by atoms with van der Waals surface area (Å²) in [5.74, 6) is 0.455. The Morgan fingerprint density at radius 2 is 2.00 bits per heavy atom. The fourth-order valence-electron chi connectivity index (χ4n) is 3.91. The third-order valence-corrected chi connectivity index (χ3v) is 5.38. The van der Waals surface area contributed by atoms with Crippen LogP contribution in [0.4, 0.5) is 4.39 Å². The molecule has 1 saturated heterocycles. The Labute approximate surface area is 161 Å². The van der Waals surface area contributed by atoms with Gasteiger partial charge in [0.05, 0.1) is 0 Å². The van der Waals surface area contributed by atoms with Crippen LogP contribution in [0.15, 0.2) is 54.6 Å². The highest BCUT2D eigenvalue weighted by Crippen LogP contribution is 2.19. The first kappa shape index (κ1) is 19.6. The van der Waals surface area contributed by atoms with E-state index in [9.17, 15) is 9.18 Å². The molecule has 1 heterocycles. The molecule has 144 valence electrons. The van der Waals surface area contributed by atoms with Crippen molar-refractivity contribution >= 4 is 5.91 Å². The number of piperidine rings is 1. The van der Waals surface area contributed by atoms with Crippen LogP contribution in [0.2, 0.25) is 0 Å². The zero-order chi connectivity index (χ0) is 19.1. The number of carbonyl (C=O) groups excluding carboxylic acids is 1. The van der Waals surface area contributed by atoms with Crippen molar-refractivity contribution in [3.63, 3.8) is 0 Å². The lowest BCUT2D eigenvalue weighted by Crippen LogP contribution is -2.43. The molecule has 1 aliphatic rings. The molecule has 4 heteroatoms. The number of halogens is 1. The van der Waals surface area contributed by atoms with E-state index in [0.29, 0.717) is 5.92 Å². The van der Waals surface area contributed by atoms with Crippen LogP contribution in [0.5, 0.6) is 0 Å². The predicted octanol–water partition coefficient (Wildman–Crippen LogP) is 4.24. The van der Waals surface area contributed by atoms with Crippen molar-refractivity contribution in [2.75, 3.05) is 32.7 Å². The number of hydrogen-bond acceptors (Lipinski definition) is 2. The summed E-state index contributed by atoms with van der Waals surface area (Å²) in [6.07, 6.45) is 3.19. The van der Waals surface area contributed by atoms with Gasteiger partial charge in [-0.25, -0.2) is 4.39 Å². The predicted molar refractivity (Wildman–Crippen MR) is 107 cm³/mol. The number of carbonyl (C=O) groups is 1. The summed E-state index contributed by atoms with van der Waals surface area (Å²) in [5.41, 5.74) is 1.81. The molecule has 0 bridgehead atoms. The van der Waals surface area contributed by atoms with Gasteiger partial charge >= 0.3 is 0 Å². The van der Waals surface area contributed by atoms with Crippen LogP contribution in [0.1, 0.15) is 35.7 Å². The molecular formula is C23H29FN2O. The molecular weight excluding hydrogens is 339 g/mol. The summed E-state index contributed by atoms with van der Waals surface area (Å²) in [6.45, 7) is 6.62. The number of nitrogens with zero attached hydrogens (tertiary/aromatic N) is 2. The minimum Gasteiger partial charge on any atom is -0.339 e. The van der Waals surface area contributed by atoms with E-state index in [2.05, 4.69) is 4.90 Å². The van der Waals surface area contributed by atoms with Gasteiger partial charge in [-0.05, 0) is 68.5 Å². The zero-order valence-corrected chi connectivity index (χ0v) is 16.1. The van der Waals surface area contributed by atoms with Crippen LogP contribution in [0, 0.1) is 11.7 Å². The Kier molecular flexibility index (Phi) is 6.99. The molecule has 1 atom stereocenters. The summed E-state index contributed by atoms with van der Waals surface area (Å²) in [4.78, 5) is 17.2. The van der Waals surface area contributed by atoms with Gasteiger partial charge in [0, 0.05) is 31.7 Å². The van der Waals surface area contributed by atoms with Crippen molar-refractivity contribution in [2.24, 2.45) is 5.92 Å². The molecule has 1 amide bonds. The summed E-state index contributed by atoms with van der Waals surface area (Å²) < 4.78 is 13.3. The summed E-state index contributed by atoms with van der Waals surface area (Å²) in [6, 6.07) is 16.4. The quantitative estimate of drug-likeness (QED) is 0.730. The molecule has 27 heavy (non-hydrogen) atoms. The van der Waals surface area contributed by atoms with E-state index in [-0.39, 0.29) is 11.7 Å². The molecule has 0 radical (unpaired) electrons. The van der Waals surface area contributed by atoms with Gasteiger partial charge in [0.25, 0.3) is 5.91 Å². The molecule has 1 fully saturated rings. The van der Waals surface area contributed by atoms with Crippen molar-refractivity contribution in [1.82, 2.24) is 9.80 Å². The molecule has 0 spiro atoms. The Morgan fingerprint density at radius 1 is 1.19 bits per heavy atom. The second-order valence-electron chi connectivity index (χ2n) is 7.40. The maximum atomic E-state index is 13.3. The van der Waals surface area contributed by atoms with Crippen molar-refractivity contribution in [3.8, 4) is 0 Å². The van der Waals surface area contributed by atoms with Gasteiger partial charge in [-0.3, -0.25) is 4.79 Å². The molecule has 1 aliphatic heterocycles. The number of hydrogen-bond donors (Lipinski definition) is 0. The smallest absolute Gasteiger partial charge is 0.253 e. The molecule has 3 rings (SSSR count). The monoisotopic (exact) mass is 368 g/mol. The van der Waals surface area contributed by atoms with E-state index in [1.807, 2.05) is 48.2 Å². The van der Waals surface area contributed by atoms with Crippen LogP contribution in [-0.4, -0.2) is 48.4 Å². The standard InChI is InChI=1S/C23H29FN2O/c1-2-26(23(27)21-10-4-3-5-11-21)18-20-9-7-14-25(17-20)15-13-19-8-6-12-22(24)16-19/h3-6,8,10-12,16,20H,2,7,9,13-15,17-18H2,1H3/t20-/m0/s1. The molecule has 2 aromatic rings. The van der Waals surface area contributed by atoms with Crippen molar-refractivity contribution in [2.45, 2.75) is 26.2 Å². The second kappa shape index (κ2) is 9.65. The van der Waals surface area contributed by atoms with Crippen LogP contribution >= 0.6 is 0 Å². The zero-order valence-electron chi connectivity index (χ0n) is 16.1. The highest BCUT2D eigenvalue weighted by atomic mass is 19.1. The molecule has 0 aromatic heterocycles. The Bertz CT molecular complexity index is 734. The van der Waals surface area contributed by atoms with Gasteiger partial charge in [0.1, 0.15) is 5.82 Å². The third-order valence-electron chi connectivity index (χ3n) is 5.38. The first-order valence-electron chi connectivity index (χ1n) is 9.97. The SMILES string of the molecule is CCN(C[C@H]1CCCN(CCc2cccc(F)c2)C1)C(=O)c1ccccc1. The van der Waals surface area contributed by atoms with E-state index < -0.39 is 0 Å². The van der Waals surface area contributed by atoms with Crippen LogP contribution in [0.3, 0.4) is 0 Å². The first-order valence-corrected chi connectivity index (χ1v) is 9.97. The number of amides is 1. The van der Waals surface area contributed by atoms with Crippen molar-refractivity contribution in [3.05, 3.63) is 71.5 Å². The molecule has 0 saturated carbocycles. The van der Waals surface area contributed by atoms with Gasteiger partial charge in [-0.1, -0.05) is 30.3 Å². The summed E-state index contributed by atoms with van der Waals surface area (Å²) >= 11 is 0. The topological polar surface area (TPSA) is 23.6 Å².